The summed E-state index contributed by atoms with van der Waals surface area (Å²) in [5.74, 6) is -0.513. The van der Waals surface area contributed by atoms with Gasteiger partial charge in [-0.15, -0.1) is 0 Å². The molecule has 0 spiro atoms. The number of hydrogen-bond acceptors (Lipinski definition) is 4. The number of aromatic amines is 2. The number of halogens is 2. The van der Waals surface area contributed by atoms with E-state index in [-0.39, 0.29) is 16.7 Å². The number of benzene rings is 1. The summed E-state index contributed by atoms with van der Waals surface area (Å²) in [6.45, 7) is 1.93. The monoisotopic (exact) mass is 383 g/mol. The molecule has 0 amide bonds. The van der Waals surface area contributed by atoms with Crippen LogP contribution in [0.1, 0.15) is 12.6 Å². The first-order valence-electron chi connectivity index (χ1n) is 8.33. The molecule has 6 nitrogen and oxygen atoms in total. The van der Waals surface area contributed by atoms with Crippen molar-refractivity contribution in [1.82, 2.24) is 20.2 Å². The number of nitrogens with one attached hydrogen (secondary N) is 3. The lowest BCUT2D eigenvalue weighted by molar-refractivity contribution is 0.631. The minimum absolute atomic E-state index is 0.151. The molecule has 27 heavy (non-hydrogen) atoms. The summed E-state index contributed by atoms with van der Waals surface area (Å²) in [6, 6.07) is 7.58. The molecule has 0 radical (unpaired) electrons. The van der Waals surface area contributed by atoms with E-state index in [0.29, 0.717) is 28.5 Å². The summed E-state index contributed by atoms with van der Waals surface area (Å²) in [7, 11) is 0. The molecule has 0 saturated heterocycles. The molecule has 0 aliphatic rings. The zero-order chi connectivity index (χ0) is 19.0. The summed E-state index contributed by atoms with van der Waals surface area (Å²) in [5.41, 5.74) is 2.77. The number of aromatic nitrogens is 4. The Bertz CT molecular complexity index is 1200. The van der Waals surface area contributed by atoms with Crippen molar-refractivity contribution in [1.29, 1.82) is 0 Å². The van der Waals surface area contributed by atoms with Gasteiger partial charge in [0.2, 0.25) is 0 Å². The van der Waals surface area contributed by atoms with E-state index in [1.165, 1.54) is 18.2 Å². The van der Waals surface area contributed by atoms with E-state index in [1.54, 1.807) is 18.5 Å². The number of nitrogens with zero attached hydrogens (tertiary/aromatic N) is 2. The molecule has 0 saturated carbocycles. The molecule has 0 atom stereocenters. The number of fused-ring (bicyclic) bond motifs is 1. The lowest BCUT2D eigenvalue weighted by Gasteiger charge is -2.14. The molecule has 0 bridgehead atoms. The fourth-order valence-corrected chi connectivity index (χ4v) is 3.14. The average Bonchev–Trinajstić information content (AvgIpc) is 3.15. The summed E-state index contributed by atoms with van der Waals surface area (Å²) < 4.78 is 14.3. The van der Waals surface area contributed by atoms with E-state index in [2.05, 4.69) is 25.5 Å². The third-order valence-corrected chi connectivity index (χ3v) is 4.55. The van der Waals surface area contributed by atoms with Gasteiger partial charge < -0.3 is 10.3 Å². The predicted molar refractivity (Wildman–Crippen MR) is 104 cm³/mol. The van der Waals surface area contributed by atoms with Crippen molar-refractivity contribution in [3.05, 3.63) is 69.6 Å². The van der Waals surface area contributed by atoms with Crippen molar-refractivity contribution >= 4 is 34.0 Å². The summed E-state index contributed by atoms with van der Waals surface area (Å²) in [5, 5.41) is 11.3. The number of aryl methyl sites for hydroxylation is 1. The number of hydrogen-bond donors (Lipinski definition) is 3. The van der Waals surface area contributed by atoms with Crippen molar-refractivity contribution in [3.63, 3.8) is 0 Å². The first kappa shape index (κ1) is 17.2. The smallest absolute Gasteiger partial charge is 0.256 e. The van der Waals surface area contributed by atoms with Gasteiger partial charge in [0.15, 0.2) is 5.65 Å². The lowest BCUT2D eigenvalue weighted by atomic mass is 10.0. The topological polar surface area (TPSA) is 86.5 Å². The standard InChI is InChI=1S/C19H15ClFN5O/c1-2-15-17(24-16-5-6-22-18-13(16)9-23-26-18)8-12(19(27)25-15)11-7-10(20)3-4-14(11)21/h3-9H,2H2,1H3,(H,25,27)(H2,22,23,24,26). The maximum absolute atomic E-state index is 14.3. The van der Waals surface area contributed by atoms with Crippen LogP contribution in [0.3, 0.4) is 0 Å². The maximum Gasteiger partial charge on any atom is 0.256 e. The van der Waals surface area contributed by atoms with Crippen molar-refractivity contribution in [3.8, 4) is 11.1 Å². The molecule has 0 fully saturated rings. The van der Waals surface area contributed by atoms with Gasteiger partial charge in [0.1, 0.15) is 5.82 Å². The SMILES string of the molecule is CCc1[nH]c(=O)c(-c2cc(Cl)ccc2F)cc1Nc1ccnc2[nH]ncc12. The Morgan fingerprint density at radius 1 is 1.19 bits per heavy atom. The van der Waals surface area contributed by atoms with E-state index in [1.807, 2.05) is 13.0 Å². The van der Waals surface area contributed by atoms with Crippen LogP contribution < -0.4 is 10.9 Å². The molecule has 4 aromatic rings. The first-order chi connectivity index (χ1) is 13.1. The normalized spacial score (nSPS) is 11.1. The van der Waals surface area contributed by atoms with Gasteiger partial charge in [0.25, 0.3) is 5.56 Å². The van der Waals surface area contributed by atoms with Crippen LogP contribution in [-0.4, -0.2) is 20.2 Å². The van der Waals surface area contributed by atoms with Crippen molar-refractivity contribution in [2.24, 2.45) is 0 Å². The third kappa shape index (κ3) is 3.17. The number of pyridine rings is 2. The third-order valence-electron chi connectivity index (χ3n) is 4.32. The Morgan fingerprint density at radius 3 is 2.85 bits per heavy atom. The molecule has 8 heteroatoms. The predicted octanol–water partition coefficient (Wildman–Crippen LogP) is 4.41. The van der Waals surface area contributed by atoms with E-state index >= 15 is 0 Å². The van der Waals surface area contributed by atoms with Gasteiger partial charge in [0, 0.05) is 22.5 Å². The highest BCUT2D eigenvalue weighted by Crippen LogP contribution is 2.29. The Balaban J connectivity index is 1.86. The van der Waals surface area contributed by atoms with Crippen molar-refractivity contribution in [2.75, 3.05) is 5.32 Å². The largest absolute Gasteiger partial charge is 0.353 e. The second kappa shape index (κ2) is 6.85. The molecule has 0 aliphatic carbocycles. The molecule has 0 aliphatic heterocycles. The van der Waals surface area contributed by atoms with Crippen LogP contribution in [0.25, 0.3) is 22.2 Å². The molecule has 3 heterocycles. The molecule has 136 valence electrons. The zero-order valence-corrected chi connectivity index (χ0v) is 15.1. The highest BCUT2D eigenvalue weighted by Gasteiger charge is 2.15. The number of rotatable bonds is 4. The first-order valence-corrected chi connectivity index (χ1v) is 8.71. The van der Waals surface area contributed by atoms with Gasteiger partial charge in [-0.25, -0.2) is 9.37 Å². The number of anilines is 2. The molecule has 3 aromatic heterocycles. The van der Waals surface area contributed by atoms with E-state index < -0.39 is 5.82 Å². The van der Waals surface area contributed by atoms with Gasteiger partial charge in [-0.05, 0) is 36.8 Å². The van der Waals surface area contributed by atoms with Crippen LogP contribution in [0, 0.1) is 5.82 Å². The minimum atomic E-state index is -0.513. The van der Waals surface area contributed by atoms with Gasteiger partial charge in [-0.3, -0.25) is 9.89 Å². The average molecular weight is 384 g/mol. The van der Waals surface area contributed by atoms with E-state index in [0.717, 1.165) is 11.1 Å². The summed E-state index contributed by atoms with van der Waals surface area (Å²) in [6.07, 6.45) is 3.91. The van der Waals surface area contributed by atoms with Crippen LogP contribution in [0.4, 0.5) is 15.8 Å². The summed E-state index contributed by atoms with van der Waals surface area (Å²) in [4.78, 5) is 19.6. The van der Waals surface area contributed by atoms with Gasteiger partial charge in [-0.1, -0.05) is 18.5 Å². The maximum atomic E-state index is 14.3. The van der Waals surface area contributed by atoms with E-state index in [9.17, 15) is 9.18 Å². The molecule has 1 aromatic carbocycles. The molecule has 0 unspecified atom stereocenters. The van der Waals surface area contributed by atoms with Crippen molar-refractivity contribution in [2.45, 2.75) is 13.3 Å². The van der Waals surface area contributed by atoms with E-state index in [4.69, 9.17) is 11.6 Å². The van der Waals surface area contributed by atoms with Crippen LogP contribution in [0.5, 0.6) is 0 Å². The Kier molecular flexibility index (Phi) is 4.37. The molecule has 4 rings (SSSR count). The minimum Gasteiger partial charge on any atom is -0.353 e. The van der Waals surface area contributed by atoms with Crippen LogP contribution in [0.15, 0.2) is 47.5 Å². The lowest BCUT2D eigenvalue weighted by Crippen LogP contribution is -2.14. The zero-order valence-electron chi connectivity index (χ0n) is 14.3. The summed E-state index contributed by atoms with van der Waals surface area (Å²) >= 11 is 5.99. The fraction of sp³-hybridized carbons (Fsp3) is 0.105. The molecule has 3 N–H and O–H groups in total. The Morgan fingerprint density at radius 2 is 2.04 bits per heavy atom. The van der Waals surface area contributed by atoms with Crippen LogP contribution >= 0.6 is 11.6 Å². The van der Waals surface area contributed by atoms with Gasteiger partial charge in [-0.2, -0.15) is 5.10 Å². The molecular formula is C19H15ClFN5O. The Hall–Kier alpha value is -3.19. The van der Waals surface area contributed by atoms with Crippen LogP contribution in [0.2, 0.25) is 5.02 Å². The Labute approximate surface area is 158 Å². The second-order valence-corrected chi connectivity index (χ2v) is 6.43. The quantitative estimate of drug-likeness (QED) is 0.487. The van der Waals surface area contributed by atoms with Crippen LogP contribution in [-0.2, 0) is 6.42 Å². The fourth-order valence-electron chi connectivity index (χ4n) is 2.97. The second-order valence-electron chi connectivity index (χ2n) is 6.00. The highest BCUT2D eigenvalue weighted by molar-refractivity contribution is 6.30. The van der Waals surface area contributed by atoms with Crippen molar-refractivity contribution < 1.29 is 4.39 Å². The number of H-pyrrole nitrogens is 2. The molecular weight excluding hydrogens is 369 g/mol. The highest BCUT2D eigenvalue weighted by atomic mass is 35.5. The van der Waals surface area contributed by atoms with Gasteiger partial charge >= 0.3 is 0 Å². The van der Waals surface area contributed by atoms with Gasteiger partial charge in [0.05, 0.1) is 28.5 Å².